The molecule has 130 valence electrons. The minimum atomic E-state index is -0.777. The van der Waals surface area contributed by atoms with Crippen LogP contribution in [0.1, 0.15) is 89.9 Å². The molecule has 0 aromatic rings. The molecule has 0 radical (unpaired) electrons. The lowest BCUT2D eigenvalue weighted by Crippen LogP contribution is -2.00. The molecular formula is C21H34O2. The summed E-state index contributed by atoms with van der Waals surface area (Å²) in [7, 11) is 0. The van der Waals surface area contributed by atoms with E-state index in [9.17, 15) is 9.90 Å². The molecule has 0 aromatic carbocycles. The molecule has 0 aromatic heterocycles. The summed E-state index contributed by atoms with van der Waals surface area (Å²) in [4.78, 5) is 11.2. The van der Waals surface area contributed by atoms with Crippen molar-refractivity contribution in [2.24, 2.45) is 0 Å². The first-order chi connectivity index (χ1) is 11.3. The lowest BCUT2D eigenvalue weighted by atomic mass is 10.0. The maximum atomic E-state index is 11.2. The fraction of sp³-hybridized carbons (Fsp3) is 0.667. The van der Waals surface area contributed by atoms with E-state index in [-0.39, 0.29) is 0 Å². The van der Waals surface area contributed by atoms with Gasteiger partial charge >= 0.3 is 5.97 Å². The largest absolute Gasteiger partial charge is 0.478 e. The Morgan fingerprint density at radius 1 is 0.696 bits per heavy atom. The van der Waals surface area contributed by atoms with Crippen LogP contribution >= 0.6 is 0 Å². The molecular weight excluding hydrogens is 284 g/mol. The second-order valence-electron chi connectivity index (χ2n) is 6.59. The second-order valence-corrected chi connectivity index (χ2v) is 6.59. The van der Waals surface area contributed by atoms with Gasteiger partial charge in [-0.05, 0) is 25.7 Å². The van der Waals surface area contributed by atoms with E-state index in [4.69, 9.17) is 0 Å². The Morgan fingerprint density at radius 3 is 1.78 bits per heavy atom. The SMILES string of the molecule is O=C(O)/C1=C/C=C\C=C/CCCCCCCCCCCCCC1. The zero-order valence-corrected chi connectivity index (χ0v) is 14.6. The van der Waals surface area contributed by atoms with Gasteiger partial charge in [-0.3, -0.25) is 0 Å². The molecule has 1 rings (SSSR count). The number of hydrogen-bond donors (Lipinski definition) is 1. The molecule has 0 aliphatic heterocycles. The number of hydrogen-bond acceptors (Lipinski definition) is 1. The van der Waals surface area contributed by atoms with Crippen molar-refractivity contribution in [1.82, 2.24) is 0 Å². The van der Waals surface area contributed by atoms with E-state index in [1.165, 1.54) is 64.2 Å². The normalized spacial score (nSPS) is 25.7. The average molecular weight is 319 g/mol. The predicted molar refractivity (Wildman–Crippen MR) is 98.6 cm³/mol. The summed E-state index contributed by atoms with van der Waals surface area (Å²) < 4.78 is 0. The summed E-state index contributed by atoms with van der Waals surface area (Å²) in [6.07, 6.45) is 27.1. The molecule has 0 atom stereocenters. The van der Waals surface area contributed by atoms with Gasteiger partial charge in [-0.25, -0.2) is 4.79 Å². The van der Waals surface area contributed by atoms with Crippen LogP contribution < -0.4 is 0 Å². The van der Waals surface area contributed by atoms with Gasteiger partial charge in [-0.1, -0.05) is 94.6 Å². The van der Waals surface area contributed by atoms with Gasteiger partial charge < -0.3 is 5.11 Å². The summed E-state index contributed by atoms with van der Waals surface area (Å²) >= 11 is 0. The van der Waals surface area contributed by atoms with Crippen molar-refractivity contribution >= 4 is 5.97 Å². The Bertz CT molecular complexity index is 391. The molecule has 23 heavy (non-hydrogen) atoms. The highest BCUT2D eigenvalue weighted by atomic mass is 16.4. The van der Waals surface area contributed by atoms with Crippen molar-refractivity contribution in [3.8, 4) is 0 Å². The fourth-order valence-corrected chi connectivity index (χ4v) is 3.02. The third-order valence-electron chi connectivity index (χ3n) is 4.50. The van der Waals surface area contributed by atoms with Gasteiger partial charge in [0.2, 0.25) is 0 Å². The molecule has 0 amide bonds. The van der Waals surface area contributed by atoms with Gasteiger partial charge in [0.1, 0.15) is 0 Å². The Morgan fingerprint density at radius 2 is 1.22 bits per heavy atom. The van der Waals surface area contributed by atoms with E-state index >= 15 is 0 Å². The topological polar surface area (TPSA) is 37.3 Å². The van der Waals surface area contributed by atoms with Crippen LogP contribution in [-0.4, -0.2) is 11.1 Å². The number of carboxylic acids is 1. The fourth-order valence-electron chi connectivity index (χ4n) is 3.02. The highest BCUT2D eigenvalue weighted by Gasteiger charge is 2.05. The third-order valence-corrected chi connectivity index (χ3v) is 4.50. The van der Waals surface area contributed by atoms with Crippen LogP contribution in [0.4, 0.5) is 0 Å². The first-order valence-electron chi connectivity index (χ1n) is 9.56. The van der Waals surface area contributed by atoms with Crippen molar-refractivity contribution in [2.75, 3.05) is 0 Å². The number of carboxylic acid groups (broad SMARTS) is 1. The van der Waals surface area contributed by atoms with E-state index in [1.807, 2.05) is 18.2 Å². The molecule has 0 spiro atoms. The molecule has 1 aliphatic carbocycles. The highest BCUT2D eigenvalue weighted by Crippen LogP contribution is 2.15. The van der Waals surface area contributed by atoms with Crippen molar-refractivity contribution < 1.29 is 9.90 Å². The molecule has 0 saturated carbocycles. The lowest BCUT2D eigenvalue weighted by molar-refractivity contribution is -0.132. The summed E-state index contributed by atoms with van der Waals surface area (Å²) in [5, 5.41) is 9.23. The number of allylic oxidation sites excluding steroid dienone is 5. The van der Waals surface area contributed by atoms with E-state index in [1.54, 1.807) is 6.08 Å². The standard InChI is InChI=1S/C21H34O2/c22-21(23)20-18-16-14-12-10-8-6-4-2-1-3-5-7-9-11-13-15-17-19-20/h10,12,14,16,18H,1-9,11,13,15,17,19H2,(H,22,23)/b12-10-,16-14-,20-18+. The van der Waals surface area contributed by atoms with Gasteiger partial charge in [0.05, 0.1) is 0 Å². The van der Waals surface area contributed by atoms with E-state index in [0.717, 1.165) is 19.3 Å². The molecule has 1 aliphatic rings. The summed E-state index contributed by atoms with van der Waals surface area (Å²) in [6, 6.07) is 0. The van der Waals surface area contributed by atoms with E-state index < -0.39 is 5.97 Å². The highest BCUT2D eigenvalue weighted by molar-refractivity contribution is 5.86. The Hall–Kier alpha value is -1.31. The van der Waals surface area contributed by atoms with Crippen LogP contribution in [0.2, 0.25) is 0 Å². The summed E-state index contributed by atoms with van der Waals surface area (Å²) in [6.45, 7) is 0. The third kappa shape index (κ3) is 11.9. The molecule has 0 fully saturated rings. The monoisotopic (exact) mass is 318 g/mol. The average Bonchev–Trinajstić information content (AvgIpc) is 2.53. The quantitative estimate of drug-likeness (QED) is 0.592. The zero-order chi connectivity index (χ0) is 16.6. The van der Waals surface area contributed by atoms with Crippen LogP contribution in [0.15, 0.2) is 36.0 Å². The number of rotatable bonds is 1. The van der Waals surface area contributed by atoms with Gasteiger partial charge in [0.25, 0.3) is 0 Å². The maximum absolute atomic E-state index is 11.2. The van der Waals surface area contributed by atoms with Gasteiger partial charge in [-0.15, -0.1) is 0 Å². The smallest absolute Gasteiger partial charge is 0.331 e. The van der Waals surface area contributed by atoms with Crippen LogP contribution in [0.3, 0.4) is 0 Å². The van der Waals surface area contributed by atoms with Gasteiger partial charge in [0, 0.05) is 5.57 Å². The first kappa shape index (κ1) is 19.7. The van der Waals surface area contributed by atoms with E-state index in [2.05, 4.69) is 6.08 Å². The molecule has 1 N–H and O–H groups in total. The maximum Gasteiger partial charge on any atom is 0.331 e. The van der Waals surface area contributed by atoms with Crippen molar-refractivity contribution in [2.45, 2.75) is 89.9 Å². The summed E-state index contributed by atoms with van der Waals surface area (Å²) in [5.41, 5.74) is 0.532. The van der Waals surface area contributed by atoms with Crippen LogP contribution in [0.25, 0.3) is 0 Å². The van der Waals surface area contributed by atoms with Crippen LogP contribution in [0, 0.1) is 0 Å². The lowest BCUT2D eigenvalue weighted by Gasteiger charge is -2.04. The minimum Gasteiger partial charge on any atom is -0.478 e. The van der Waals surface area contributed by atoms with Crippen LogP contribution in [0.5, 0.6) is 0 Å². The Labute approximate surface area is 142 Å². The summed E-state index contributed by atoms with van der Waals surface area (Å²) in [5.74, 6) is -0.777. The van der Waals surface area contributed by atoms with Crippen molar-refractivity contribution in [3.63, 3.8) is 0 Å². The van der Waals surface area contributed by atoms with Gasteiger partial charge in [-0.2, -0.15) is 0 Å². The molecule has 0 bridgehead atoms. The molecule has 2 heteroatoms. The predicted octanol–water partition coefficient (Wildman–Crippen LogP) is 6.58. The van der Waals surface area contributed by atoms with Crippen molar-refractivity contribution in [3.05, 3.63) is 36.0 Å². The molecule has 0 heterocycles. The Balaban J connectivity index is 2.43. The van der Waals surface area contributed by atoms with Crippen molar-refractivity contribution in [1.29, 1.82) is 0 Å². The Kier molecular flexibility index (Phi) is 12.3. The van der Waals surface area contributed by atoms with Crippen LogP contribution in [-0.2, 0) is 4.79 Å². The number of aliphatic carboxylic acids is 1. The number of carbonyl (C=O) groups is 1. The zero-order valence-electron chi connectivity index (χ0n) is 14.6. The van der Waals surface area contributed by atoms with Gasteiger partial charge in [0.15, 0.2) is 0 Å². The van der Waals surface area contributed by atoms with E-state index in [0.29, 0.717) is 12.0 Å². The minimum absolute atomic E-state index is 0.532. The molecule has 0 saturated heterocycles. The second kappa shape index (κ2) is 14.3. The first-order valence-corrected chi connectivity index (χ1v) is 9.56. The molecule has 0 unspecified atom stereocenters. The molecule has 2 nitrogen and oxygen atoms in total.